The number of methoxy groups -OCH3 is 2. The molecule has 0 aliphatic carbocycles. The van der Waals surface area contributed by atoms with Gasteiger partial charge in [-0.05, 0) is 31.4 Å². The second-order valence-electron chi connectivity index (χ2n) is 5.48. The molecule has 0 aromatic heterocycles. The van der Waals surface area contributed by atoms with Crippen LogP contribution < -0.4 is 14.8 Å². The quantitative estimate of drug-likeness (QED) is 0.804. The van der Waals surface area contributed by atoms with E-state index in [1.54, 1.807) is 14.2 Å². The van der Waals surface area contributed by atoms with Gasteiger partial charge in [-0.1, -0.05) is 36.4 Å². The van der Waals surface area contributed by atoms with Gasteiger partial charge in [0, 0.05) is 24.2 Å². The molecule has 0 radical (unpaired) electrons. The molecule has 0 saturated heterocycles. The van der Waals surface area contributed by atoms with Gasteiger partial charge in [0.2, 0.25) is 0 Å². The number of ether oxygens (including phenoxy) is 2. The molecule has 0 heterocycles. The molecule has 0 amide bonds. The lowest BCUT2D eigenvalue weighted by Gasteiger charge is -2.16. The molecule has 0 bridgehead atoms. The molecule has 0 aliphatic rings. The van der Waals surface area contributed by atoms with Crippen molar-refractivity contribution in [1.82, 2.24) is 5.32 Å². The van der Waals surface area contributed by atoms with Crippen LogP contribution in [0.1, 0.15) is 24.5 Å². The summed E-state index contributed by atoms with van der Waals surface area (Å²) in [7, 11) is 3.36. The molecule has 0 saturated carbocycles. The minimum Gasteiger partial charge on any atom is -0.497 e. The Morgan fingerprint density at radius 2 is 1.77 bits per heavy atom. The highest BCUT2D eigenvalue weighted by atomic mass is 16.5. The van der Waals surface area contributed by atoms with E-state index >= 15 is 0 Å². The number of hydrogen-bond acceptors (Lipinski definition) is 3. The van der Waals surface area contributed by atoms with Gasteiger partial charge in [-0.15, -0.1) is 0 Å². The van der Waals surface area contributed by atoms with E-state index in [9.17, 15) is 0 Å². The molecule has 2 rings (SSSR count). The Hall–Kier alpha value is -2.00. The monoisotopic (exact) mass is 299 g/mol. The van der Waals surface area contributed by atoms with E-state index in [1.165, 1.54) is 5.56 Å². The number of nitrogens with one attached hydrogen (secondary N) is 1. The van der Waals surface area contributed by atoms with E-state index in [1.807, 2.05) is 12.1 Å². The van der Waals surface area contributed by atoms with E-state index in [0.717, 1.165) is 36.4 Å². The molecular formula is C19H25NO2. The van der Waals surface area contributed by atoms with E-state index in [0.29, 0.717) is 6.04 Å². The average molecular weight is 299 g/mol. The fraction of sp³-hybridized carbons (Fsp3) is 0.368. The van der Waals surface area contributed by atoms with Crippen molar-refractivity contribution in [2.75, 3.05) is 14.2 Å². The van der Waals surface area contributed by atoms with Gasteiger partial charge in [0.1, 0.15) is 11.5 Å². The van der Waals surface area contributed by atoms with Gasteiger partial charge in [0.15, 0.2) is 0 Å². The molecule has 1 N–H and O–H groups in total. The molecule has 0 unspecified atom stereocenters. The fourth-order valence-corrected chi connectivity index (χ4v) is 2.41. The van der Waals surface area contributed by atoms with E-state index in [-0.39, 0.29) is 0 Å². The molecule has 0 fully saturated rings. The van der Waals surface area contributed by atoms with Crippen LogP contribution in [0.4, 0.5) is 0 Å². The maximum absolute atomic E-state index is 5.43. The summed E-state index contributed by atoms with van der Waals surface area (Å²) in [6.45, 7) is 3.02. The largest absolute Gasteiger partial charge is 0.497 e. The maximum atomic E-state index is 5.43. The van der Waals surface area contributed by atoms with Crippen molar-refractivity contribution in [2.45, 2.75) is 32.4 Å². The van der Waals surface area contributed by atoms with Gasteiger partial charge in [-0.2, -0.15) is 0 Å². The highest BCUT2D eigenvalue weighted by Crippen LogP contribution is 2.24. The number of benzene rings is 2. The normalized spacial score (nSPS) is 12.0. The lowest BCUT2D eigenvalue weighted by molar-refractivity contribution is 0.388. The Labute approximate surface area is 133 Å². The first-order chi connectivity index (χ1) is 10.7. The van der Waals surface area contributed by atoms with Crippen LogP contribution in [-0.2, 0) is 13.0 Å². The third kappa shape index (κ3) is 4.78. The van der Waals surface area contributed by atoms with Crippen molar-refractivity contribution in [3.05, 3.63) is 59.7 Å². The summed E-state index contributed by atoms with van der Waals surface area (Å²) in [6, 6.07) is 17.0. The van der Waals surface area contributed by atoms with Crippen molar-refractivity contribution >= 4 is 0 Å². The summed E-state index contributed by atoms with van der Waals surface area (Å²) >= 11 is 0. The molecule has 118 valence electrons. The highest BCUT2D eigenvalue weighted by Gasteiger charge is 2.07. The SMILES string of the molecule is COc1ccc(CN[C@@H](C)CCc2ccccc2)c(OC)c1. The zero-order valence-electron chi connectivity index (χ0n) is 13.6. The molecule has 3 nitrogen and oxygen atoms in total. The third-order valence-corrected chi connectivity index (χ3v) is 3.84. The summed E-state index contributed by atoms with van der Waals surface area (Å²) in [6.07, 6.45) is 2.21. The predicted molar refractivity (Wildman–Crippen MR) is 90.6 cm³/mol. The Morgan fingerprint density at radius 3 is 2.45 bits per heavy atom. The van der Waals surface area contributed by atoms with Gasteiger partial charge in [0.05, 0.1) is 14.2 Å². The lowest BCUT2D eigenvalue weighted by atomic mass is 10.1. The first-order valence-electron chi connectivity index (χ1n) is 7.71. The number of hydrogen-bond donors (Lipinski definition) is 1. The highest BCUT2D eigenvalue weighted by molar-refractivity contribution is 5.40. The topological polar surface area (TPSA) is 30.5 Å². The van der Waals surface area contributed by atoms with Crippen LogP contribution in [0.25, 0.3) is 0 Å². The standard InChI is InChI=1S/C19H25NO2/c1-15(9-10-16-7-5-4-6-8-16)20-14-17-11-12-18(21-2)13-19(17)22-3/h4-8,11-13,15,20H,9-10,14H2,1-3H3/t15-/m0/s1. The minimum atomic E-state index is 0.451. The summed E-state index contributed by atoms with van der Waals surface area (Å²) in [5.41, 5.74) is 2.54. The van der Waals surface area contributed by atoms with Gasteiger partial charge in [-0.25, -0.2) is 0 Å². The van der Waals surface area contributed by atoms with Gasteiger partial charge in [0.25, 0.3) is 0 Å². The molecule has 3 heteroatoms. The smallest absolute Gasteiger partial charge is 0.127 e. The van der Waals surface area contributed by atoms with Crippen molar-refractivity contribution < 1.29 is 9.47 Å². The summed E-state index contributed by atoms with van der Waals surface area (Å²) in [5.74, 6) is 1.68. The van der Waals surface area contributed by atoms with Crippen LogP contribution in [0.2, 0.25) is 0 Å². The van der Waals surface area contributed by atoms with E-state index < -0.39 is 0 Å². The van der Waals surface area contributed by atoms with Gasteiger partial charge in [-0.3, -0.25) is 0 Å². The first-order valence-corrected chi connectivity index (χ1v) is 7.71. The van der Waals surface area contributed by atoms with E-state index in [2.05, 4.69) is 48.6 Å². The minimum absolute atomic E-state index is 0.451. The molecule has 2 aromatic rings. The Morgan fingerprint density at radius 1 is 1.00 bits per heavy atom. The van der Waals surface area contributed by atoms with Crippen LogP contribution in [0.5, 0.6) is 11.5 Å². The fourth-order valence-electron chi connectivity index (χ4n) is 2.41. The van der Waals surface area contributed by atoms with Crippen LogP contribution in [0.3, 0.4) is 0 Å². The Kier molecular flexibility index (Phi) is 6.28. The summed E-state index contributed by atoms with van der Waals surface area (Å²) < 4.78 is 10.7. The van der Waals surface area contributed by atoms with Gasteiger partial charge < -0.3 is 14.8 Å². The van der Waals surface area contributed by atoms with Crippen molar-refractivity contribution in [3.8, 4) is 11.5 Å². The summed E-state index contributed by atoms with van der Waals surface area (Å²) in [4.78, 5) is 0. The predicted octanol–water partition coefficient (Wildman–Crippen LogP) is 3.81. The number of aryl methyl sites for hydroxylation is 1. The van der Waals surface area contributed by atoms with Crippen LogP contribution >= 0.6 is 0 Å². The average Bonchev–Trinajstić information content (AvgIpc) is 2.58. The third-order valence-electron chi connectivity index (χ3n) is 3.84. The molecular weight excluding hydrogens is 274 g/mol. The zero-order chi connectivity index (χ0) is 15.8. The maximum Gasteiger partial charge on any atom is 0.127 e. The van der Waals surface area contributed by atoms with Crippen LogP contribution in [0.15, 0.2) is 48.5 Å². The van der Waals surface area contributed by atoms with Crippen molar-refractivity contribution in [2.24, 2.45) is 0 Å². The molecule has 0 aliphatic heterocycles. The molecule has 2 aromatic carbocycles. The van der Waals surface area contributed by atoms with Gasteiger partial charge >= 0.3 is 0 Å². The second kappa shape index (κ2) is 8.44. The van der Waals surface area contributed by atoms with E-state index in [4.69, 9.17) is 9.47 Å². The second-order valence-corrected chi connectivity index (χ2v) is 5.48. The molecule has 1 atom stereocenters. The zero-order valence-corrected chi connectivity index (χ0v) is 13.6. The summed E-state index contributed by atoms with van der Waals surface area (Å²) in [5, 5.41) is 3.56. The lowest BCUT2D eigenvalue weighted by Crippen LogP contribution is -2.26. The van der Waals surface area contributed by atoms with Crippen molar-refractivity contribution in [1.29, 1.82) is 0 Å². The molecule has 22 heavy (non-hydrogen) atoms. The first kappa shape index (κ1) is 16.4. The van der Waals surface area contributed by atoms with Crippen LogP contribution in [0, 0.1) is 0 Å². The molecule has 0 spiro atoms. The Bertz CT molecular complexity index is 569. The van der Waals surface area contributed by atoms with Crippen LogP contribution in [-0.4, -0.2) is 20.3 Å². The number of rotatable bonds is 8. The Balaban J connectivity index is 1.84. The van der Waals surface area contributed by atoms with Crippen molar-refractivity contribution in [3.63, 3.8) is 0 Å².